The van der Waals surface area contributed by atoms with Gasteiger partial charge in [0.1, 0.15) is 22.5 Å². The van der Waals surface area contributed by atoms with Crippen LogP contribution in [0.4, 0.5) is 4.39 Å². The van der Waals surface area contributed by atoms with Crippen LogP contribution in [0.3, 0.4) is 0 Å². The molecule has 1 N–H and O–H groups in total. The minimum Gasteiger partial charge on any atom is -0.467 e. The van der Waals surface area contributed by atoms with Crippen LogP contribution in [0.15, 0.2) is 76.2 Å². The average molecular weight is 414 g/mol. The summed E-state index contributed by atoms with van der Waals surface area (Å²) >= 11 is 0. The Morgan fingerprint density at radius 2 is 1.79 bits per heavy atom. The fourth-order valence-electron chi connectivity index (χ4n) is 3.46. The van der Waals surface area contributed by atoms with E-state index in [4.69, 9.17) is 4.42 Å². The van der Waals surface area contributed by atoms with Gasteiger partial charge in [-0.2, -0.15) is 4.31 Å². The molecule has 29 heavy (non-hydrogen) atoms. The summed E-state index contributed by atoms with van der Waals surface area (Å²) in [6.45, 7) is 0.128. The summed E-state index contributed by atoms with van der Waals surface area (Å²) in [6, 6.07) is 14.9. The lowest BCUT2D eigenvalue weighted by atomic mass is 9.95. The van der Waals surface area contributed by atoms with Gasteiger partial charge in [0.05, 0.1) is 12.8 Å². The van der Waals surface area contributed by atoms with Crippen molar-refractivity contribution in [3.63, 3.8) is 0 Å². The lowest BCUT2D eigenvalue weighted by Gasteiger charge is -2.35. The highest BCUT2D eigenvalue weighted by molar-refractivity contribution is 7.89. The second kappa shape index (κ2) is 7.81. The van der Waals surface area contributed by atoms with Gasteiger partial charge in [-0.3, -0.25) is 4.79 Å². The van der Waals surface area contributed by atoms with Crippen molar-refractivity contribution in [2.75, 3.05) is 0 Å². The Morgan fingerprint density at radius 1 is 1.07 bits per heavy atom. The summed E-state index contributed by atoms with van der Waals surface area (Å²) < 4.78 is 47.1. The van der Waals surface area contributed by atoms with E-state index in [0.29, 0.717) is 5.76 Å². The molecule has 6 nitrogen and oxygen atoms in total. The third-order valence-corrected chi connectivity index (χ3v) is 6.84. The average Bonchev–Trinajstić information content (AvgIpc) is 3.25. The summed E-state index contributed by atoms with van der Waals surface area (Å²) in [4.78, 5) is 12.5. The number of fused-ring (bicyclic) bond motifs is 1. The Kier molecular flexibility index (Phi) is 5.21. The highest BCUT2D eigenvalue weighted by Gasteiger charge is 2.40. The van der Waals surface area contributed by atoms with Crippen LogP contribution in [0, 0.1) is 5.82 Å². The number of hydrogen-bond acceptors (Lipinski definition) is 4. The largest absolute Gasteiger partial charge is 0.467 e. The van der Waals surface area contributed by atoms with E-state index in [1.54, 1.807) is 12.1 Å². The van der Waals surface area contributed by atoms with E-state index in [1.807, 2.05) is 24.3 Å². The number of nitrogens with one attached hydrogen (secondary N) is 1. The van der Waals surface area contributed by atoms with Gasteiger partial charge in [0.25, 0.3) is 0 Å². The molecule has 1 aromatic heterocycles. The highest BCUT2D eigenvalue weighted by atomic mass is 32.2. The van der Waals surface area contributed by atoms with Gasteiger partial charge in [0.2, 0.25) is 15.9 Å². The number of sulfonamides is 1. The molecule has 0 aliphatic carbocycles. The molecule has 2 heterocycles. The molecule has 3 aromatic rings. The van der Waals surface area contributed by atoms with Gasteiger partial charge in [-0.15, -0.1) is 0 Å². The van der Waals surface area contributed by atoms with Crippen molar-refractivity contribution < 1.29 is 22.0 Å². The van der Waals surface area contributed by atoms with Gasteiger partial charge >= 0.3 is 0 Å². The molecule has 1 aliphatic rings. The summed E-state index contributed by atoms with van der Waals surface area (Å²) in [5, 5.41) is 2.72. The maximum Gasteiger partial charge on any atom is 0.247 e. The Labute approximate surface area is 168 Å². The van der Waals surface area contributed by atoms with Crippen LogP contribution in [0.5, 0.6) is 0 Å². The smallest absolute Gasteiger partial charge is 0.247 e. The van der Waals surface area contributed by atoms with E-state index in [0.717, 1.165) is 21.5 Å². The topological polar surface area (TPSA) is 79.6 Å². The van der Waals surface area contributed by atoms with Gasteiger partial charge in [-0.05, 0) is 41.8 Å². The van der Waals surface area contributed by atoms with Crippen LogP contribution >= 0.6 is 0 Å². The zero-order chi connectivity index (χ0) is 20.4. The van der Waals surface area contributed by atoms with Crippen LogP contribution in [0.2, 0.25) is 0 Å². The minimum absolute atomic E-state index is 0.00825. The number of carbonyl (C=O) groups excluding carboxylic acids is 1. The Hall–Kier alpha value is -2.97. The van der Waals surface area contributed by atoms with Crippen LogP contribution in [-0.2, 0) is 34.3 Å². The highest BCUT2D eigenvalue weighted by Crippen LogP contribution is 2.30. The molecule has 8 heteroatoms. The van der Waals surface area contributed by atoms with Gasteiger partial charge in [0, 0.05) is 6.54 Å². The molecular weight excluding hydrogens is 395 g/mol. The van der Waals surface area contributed by atoms with E-state index < -0.39 is 32.7 Å². The van der Waals surface area contributed by atoms with Crippen LogP contribution in [-0.4, -0.2) is 24.7 Å². The number of halogens is 1. The number of nitrogens with zero attached hydrogens (tertiary/aromatic N) is 1. The maximum absolute atomic E-state index is 14.3. The first-order chi connectivity index (χ1) is 14.0. The van der Waals surface area contributed by atoms with Crippen molar-refractivity contribution in [3.05, 3.63) is 89.6 Å². The van der Waals surface area contributed by atoms with Gasteiger partial charge in [-0.1, -0.05) is 36.4 Å². The molecule has 0 radical (unpaired) electrons. The number of benzene rings is 2. The zero-order valence-corrected chi connectivity index (χ0v) is 16.2. The molecule has 1 amide bonds. The molecule has 1 aliphatic heterocycles. The quantitative estimate of drug-likeness (QED) is 0.696. The molecule has 0 saturated heterocycles. The van der Waals surface area contributed by atoms with Gasteiger partial charge < -0.3 is 9.73 Å². The normalized spacial score (nSPS) is 16.9. The molecule has 0 fully saturated rings. The number of carbonyl (C=O) groups is 1. The zero-order valence-electron chi connectivity index (χ0n) is 15.4. The van der Waals surface area contributed by atoms with Crippen LogP contribution < -0.4 is 5.32 Å². The number of rotatable bonds is 5. The first-order valence-corrected chi connectivity index (χ1v) is 10.5. The summed E-state index contributed by atoms with van der Waals surface area (Å²) in [7, 11) is -4.23. The SMILES string of the molecule is O=C(NCc1ccco1)[C@H]1Cc2ccccc2CN1S(=O)(=O)c1ccccc1F. The van der Waals surface area contributed by atoms with E-state index in [-0.39, 0.29) is 19.5 Å². The standard InChI is InChI=1S/C21H19FN2O4S/c22-18-9-3-4-10-20(18)29(26,27)24-14-16-7-2-1-6-15(16)12-19(24)21(25)23-13-17-8-5-11-28-17/h1-11,19H,12-14H2,(H,23,25)/t19-/m1/s1. The van der Waals surface area contributed by atoms with E-state index in [2.05, 4.69) is 5.32 Å². The van der Waals surface area contributed by atoms with Crippen molar-refractivity contribution in [3.8, 4) is 0 Å². The van der Waals surface area contributed by atoms with E-state index >= 15 is 0 Å². The Bertz CT molecular complexity index is 1130. The second-order valence-corrected chi connectivity index (χ2v) is 8.63. The third kappa shape index (κ3) is 3.81. The molecule has 0 bridgehead atoms. The Morgan fingerprint density at radius 3 is 2.52 bits per heavy atom. The predicted octanol–water partition coefficient (Wildman–Crippen LogP) is 2.85. The van der Waals surface area contributed by atoms with Crippen molar-refractivity contribution in [2.24, 2.45) is 0 Å². The minimum atomic E-state index is -4.23. The number of amides is 1. The van der Waals surface area contributed by atoms with Crippen LogP contribution in [0.25, 0.3) is 0 Å². The molecular formula is C21H19FN2O4S. The molecule has 150 valence electrons. The Balaban J connectivity index is 1.68. The number of hydrogen-bond donors (Lipinski definition) is 1. The predicted molar refractivity (Wildman–Crippen MR) is 104 cm³/mol. The lowest BCUT2D eigenvalue weighted by Crippen LogP contribution is -2.52. The van der Waals surface area contributed by atoms with Gasteiger partial charge in [-0.25, -0.2) is 12.8 Å². The molecule has 0 unspecified atom stereocenters. The lowest BCUT2D eigenvalue weighted by molar-refractivity contribution is -0.125. The van der Waals surface area contributed by atoms with Gasteiger partial charge in [0.15, 0.2) is 0 Å². The number of furan rings is 1. The summed E-state index contributed by atoms with van der Waals surface area (Å²) in [5.74, 6) is -0.755. The van der Waals surface area contributed by atoms with E-state index in [9.17, 15) is 17.6 Å². The molecule has 4 rings (SSSR count). The fraction of sp³-hybridized carbons (Fsp3) is 0.190. The summed E-state index contributed by atoms with van der Waals surface area (Å²) in [6.07, 6.45) is 1.70. The molecule has 1 atom stereocenters. The third-order valence-electron chi connectivity index (χ3n) is 4.95. The first kappa shape index (κ1) is 19.4. The van der Waals surface area contributed by atoms with E-state index in [1.165, 1.54) is 24.5 Å². The molecule has 0 spiro atoms. The molecule has 0 saturated carbocycles. The van der Waals surface area contributed by atoms with Crippen LogP contribution in [0.1, 0.15) is 16.9 Å². The second-order valence-electron chi connectivity index (χ2n) is 6.77. The molecule has 2 aromatic carbocycles. The van der Waals surface area contributed by atoms with Crippen molar-refractivity contribution in [2.45, 2.75) is 30.4 Å². The maximum atomic E-state index is 14.3. The fourth-order valence-corrected chi connectivity index (χ4v) is 5.09. The summed E-state index contributed by atoms with van der Waals surface area (Å²) in [5.41, 5.74) is 1.69. The van der Waals surface area contributed by atoms with Crippen molar-refractivity contribution >= 4 is 15.9 Å². The van der Waals surface area contributed by atoms with Crippen molar-refractivity contribution in [1.29, 1.82) is 0 Å². The van der Waals surface area contributed by atoms with Crippen molar-refractivity contribution in [1.82, 2.24) is 9.62 Å². The monoisotopic (exact) mass is 414 g/mol. The first-order valence-electron chi connectivity index (χ1n) is 9.10.